The fourth-order valence-corrected chi connectivity index (χ4v) is 5.81. The van der Waals surface area contributed by atoms with Crippen LogP contribution in [0.3, 0.4) is 0 Å². The predicted octanol–water partition coefficient (Wildman–Crippen LogP) is 3.90. The number of anilines is 1. The second-order valence-electron chi connectivity index (χ2n) is 11.2. The van der Waals surface area contributed by atoms with E-state index in [1.165, 1.54) is 13.1 Å². The lowest BCUT2D eigenvalue weighted by atomic mass is 10.1. The van der Waals surface area contributed by atoms with Crippen molar-refractivity contribution in [3.05, 3.63) is 45.9 Å². The van der Waals surface area contributed by atoms with E-state index in [2.05, 4.69) is 40.3 Å². The zero-order valence-electron chi connectivity index (χ0n) is 24.7. The molecule has 0 saturated carbocycles. The molecule has 0 atom stereocenters. The topological polar surface area (TPSA) is 92.6 Å². The summed E-state index contributed by atoms with van der Waals surface area (Å²) in [7, 11) is 4.21. The first-order valence-electron chi connectivity index (χ1n) is 14.5. The first-order chi connectivity index (χ1) is 19.7. The van der Waals surface area contributed by atoms with Crippen molar-refractivity contribution < 1.29 is 9.13 Å². The van der Waals surface area contributed by atoms with Crippen LogP contribution in [0, 0.1) is 17.1 Å². The summed E-state index contributed by atoms with van der Waals surface area (Å²) >= 11 is 0. The number of aromatic amines is 1. The van der Waals surface area contributed by atoms with Crippen molar-refractivity contribution in [1.82, 2.24) is 24.7 Å². The number of fused-ring (bicyclic) bond motifs is 4. The van der Waals surface area contributed by atoms with Crippen LogP contribution in [0.4, 0.5) is 10.1 Å². The van der Waals surface area contributed by atoms with Crippen molar-refractivity contribution in [2.45, 2.75) is 26.8 Å². The first-order valence-corrected chi connectivity index (χ1v) is 14.5. The average Bonchev–Trinajstić information content (AvgIpc) is 3.34. The summed E-state index contributed by atoms with van der Waals surface area (Å²) in [5.41, 5.74) is 2.18. The summed E-state index contributed by atoms with van der Waals surface area (Å²) in [4.78, 5) is 23.7. The van der Waals surface area contributed by atoms with Crippen LogP contribution in [-0.4, -0.2) is 92.4 Å². The van der Waals surface area contributed by atoms with E-state index < -0.39 is 5.82 Å². The van der Waals surface area contributed by atoms with Crippen LogP contribution in [0.15, 0.2) is 29.1 Å². The lowest BCUT2D eigenvalue weighted by Gasteiger charge is -2.35. The van der Waals surface area contributed by atoms with E-state index in [1.807, 2.05) is 30.2 Å². The minimum Gasteiger partial charge on any atom is -0.492 e. The quantitative estimate of drug-likeness (QED) is 0.391. The van der Waals surface area contributed by atoms with E-state index in [9.17, 15) is 10.1 Å². The highest BCUT2D eigenvalue weighted by Gasteiger charge is 2.28. The van der Waals surface area contributed by atoms with Gasteiger partial charge >= 0.3 is 0 Å². The molecule has 2 aliphatic heterocycles. The Balaban J connectivity index is 0.000000423. The fraction of sp³-hybridized carbons (Fsp3) is 0.484. The molecular formula is C31H40FN7O2. The Labute approximate surface area is 240 Å². The van der Waals surface area contributed by atoms with Gasteiger partial charge < -0.3 is 34.3 Å². The lowest BCUT2D eigenvalue weighted by molar-refractivity contribution is 0.291. The number of hydrogen-bond donors (Lipinski definition) is 2. The Morgan fingerprint density at radius 3 is 2.29 bits per heavy atom. The third-order valence-corrected chi connectivity index (χ3v) is 8.02. The summed E-state index contributed by atoms with van der Waals surface area (Å²) in [6.45, 7) is 13.9. The van der Waals surface area contributed by atoms with Crippen molar-refractivity contribution >= 4 is 38.5 Å². The summed E-state index contributed by atoms with van der Waals surface area (Å²) in [5, 5.41) is 14.1. The molecule has 4 heterocycles. The number of hydrogen-bond acceptors (Lipinski definition) is 7. The molecule has 4 aromatic rings. The number of halogens is 1. The maximum atomic E-state index is 16.5. The molecule has 2 aliphatic rings. The summed E-state index contributed by atoms with van der Waals surface area (Å²) in [6.07, 6.45) is 0. The number of aromatic nitrogens is 2. The number of pyridine rings is 1. The molecule has 0 amide bonds. The van der Waals surface area contributed by atoms with Gasteiger partial charge in [0.2, 0.25) is 0 Å². The average molecular weight is 562 g/mol. The van der Waals surface area contributed by atoms with Crippen molar-refractivity contribution in [3.8, 4) is 11.8 Å². The Kier molecular flexibility index (Phi) is 8.50. The fourth-order valence-electron chi connectivity index (χ4n) is 5.81. The number of ether oxygens (including phenoxy) is 1. The highest BCUT2D eigenvalue weighted by molar-refractivity contribution is 6.10. The van der Waals surface area contributed by atoms with E-state index in [-0.39, 0.29) is 17.0 Å². The SMILES string of the molecule is CCOc1cc2c(=O)c3c4ccc(C#N)cc4[nH]c3n(C(C)C)c2c(F)c1N1CCN(C)CC1.CN1CCNCC1. The van der Waals surface area contributed by atoms with E-state index in [0.717, 1.165) is 31.6 Å². The standard InChI is InChI=1S/C26H28FN5O2.C5H12N2/c1-5-34-20-13-18-23(22(27)24(20)31-10-8-30(4)9-11-31)32(15(2)3)26-21(25(18)33)17-7-6-16(14-28)12-19(17)29-26;1-7-4-2-6-3-5-7/h6-7,12-13,15,29H,5,8-11H2,1-4H3;6H,2-5H2,1H3. The van der Waals surface area contributed by atoms with E-state index in [0.29, 0.717) is 58.6 Å². The second-order valence-corrected chi connectivity index (χ2v) is 11.2. The zero-order valence-corrected chi connectivity index (χ0v) is 24.7. The van der Waals surface area contributed by atoms with Crippen LogP contribution in [0.5, 0.6) is 5.75 Å². The molecule has 2 fully saturated rings. The summed E-state index contributed by atoms with van der Waals surface area (Å²) in [6, 6.07) is 8.92. The highest BCUT2D eigenvalue weighted by atomic mass is 19.1. The van der Waals surface area contributed by atoms with Crippen LogP contribution >= 0.6 is 0 Å². The largest absolute Gasteiger partial charge is 0.492 e. The molecule has 10 heteroatoms. The number of nitriles is 1. The third kappa shape index (κ3) is 5.49. The number of piperazine rings is 2. The van der Waals surface area contributed by atoms with Crippen molar-refractivity contribution in [2.75, 3.05) is 78.0 Å². The predicted molar refractivity (Wildman–Crippen MR) is 164 cm³/mol. The van der Waals surface area contributed by atoms with Gasteiger partial charge in [-0.2, -0.15) is 5.26 Å². The Hall–Kier alpha value is -3.65. The van der Waals surface area contributed by atoms with Crippen LogP contribution in [0.2, 0.25) is 0 Å². The van der Waals surface area contributed by atoms with E-state index >= 15 is 4.39 Å². The third-order valence-electron chi connectivity index (χ3n) is 8.02. The Bertz CT molecular complexity index is 1660. The van der Waals surface area contributed by atoms with Crippen molar-refractivity contribution in [2.24, 2.45) is 0 Å². The molecule has 0 bridgehead atoms. The molecule has 0 unspecified atom stereocenters. The zero-order chi connectivity index (χ0) is 29.3. The minimum atomic E-state index is -0.436. The molecule has 0 radical (unpaired) electrons. The van der Waals surface area contributed by atoms with Crippen LogP contribution in [0.1, 0.15) is 32.4 Å². The van der Waals surface area contributed by atoms with E-state index in [4.69, 9.17) is 4.74 Å². The molecule has 2 aromatic heterocycles. The number of H-pyrrole nitrogens is 1. The van der Waals surface area contributed by atoms with Gasteiger partial charge in [0, 0.05) is 69.3 Å². The van der Waals surface area contributed by atoms with Crippen LogP contribution in [-0.2, 0) is 0 Å². The molecule has 2 aromatic carbocycles. The molecule has 41 heavy (non-hydrogen) atoms. The normalized spacial score (nSPS) is 16.8. The molecule has 9 nitrogen and oxygen atoms in total. The number of likely N-dealkylation sites (N-methyl/N-ethyl adjacent to an activating group) is 2. The lowest BCUT2D eigenvalue weighted by Crippen LogP contribution is -2.45. The number of rotatable bonds is 4. The molecule has 0 spiro atoms. The monoisotopic (exact) mass is 561 g/mol. The maximum absolute atomic E-state index is 16.5. The van der Waals surface area contributed by atoms with Gasteiger partial charge in [-0.1, -0.05) is 6.07 Å². The minimum absolute atomic E-state index is 0.123. The molecule has 2 saturated heterocycles. The highest BCUT2D eigenvalue weighted by Crippen LogP contribution is 2.39. The maximum Gasteiger partial charge on any atom is 0.199 e. The molecule has 6 rings (SSSR count). The number of benzene rings is 2. The van der Waals surface area contributed by atoms with Gasteiger partial charge in [-0.05, 0) is 53.1 Å². The Morgan fingerprint density at radius 1 is 1.02 bits per heavy atom. The van der Waals surface area contributed by atoms with Crippen molar-refractivity contribution in [3.63, 3.8) is 0 Å². The molecular weight excluding hydrogens is 521 g/mol. The van der Waals surface area contributed by atoms with Gasteiger partial charge in [-0.15, -0.1) is 0 Å². The number of nitrogens with one attached hydrogen (secondary N) is 2. The van der Waals surface area contributed by atoms with Gasteiger partial charge in [-0.3, -0.25) is 4.79 Å². The van der Waals surface area contributed by atoms with Crippen LogP contribution < -0.4 is 20.4 Å². The van der Waals surface area contributed by atoms with Crippen molar-refractivity contribution in [1.29, 1.82) is 5.26 Å². The summed E-state index contributed by atoms with van der Waals surface area (Å²) < 4.78 is 24.2. The van der Waals surface area contributed by atoms with Gasteiger partial charge in [0.05, 0.1) is 34.5 Å². The molecule has 218 valence electrons. The second kappa shape index (κ2) is 12.1. The van der Waals surface area contributed by atoms with E-state index in [1.54, 1.807) is 24.3 Å². The van der Waals surface area contributed by atoms with Crippen LogP contribution in [0.25, 0.3) is 32.8 Å². The first kappa shape index (κ1) is 28.9. The molecule has 0 aliphatic carbocycles. The van der Waals surface area contributed by atoms with Gasteiger partial charge in [-0.25, -0.2) is 4.39 Å². The Morgan fingerprint density at radius 2 is 1.71 bits per heavy atom. The van der Waals surface area contributed by atoms with Gasteiger partial charge in [0.1, 0.15) is 17.1 Å². The molecule has 2 N–H and O–H groups in total. The smallest absolute Gasteiger partial charge is 0.199 e. The number of nitrogens with zero attached hydrogens (tertiary/aromatic N) is 5. The summed E-state index contributed by atoms with van der Waals surface area (Å²) in [5.74, 6) is -0.0370. The van der Waals surface area contributed by atoms with Gasteiger partial charge in [0.15, 0.2) is 11.2 Å². The van der Waals surface area contributed by atoms with Gasteiger partial charge in [0.25, 0.3) is 0 Å².